The lowest BCUT2D eigenvalue weighted by Crippen LogP contribution is -2.42. The lowest BCUT2D eigenvalue weighted by molar-refractivity contribution is 0.105. The lowest BCUT2D eigenvalue weighted by Gasteiger charge is -2.30. The predicted molar refractivity (Wildman–Crippen MR) is 63.8 cm³/mol. The van der Waals surface area contributed by atoms with Crippen LogP contribution in [0.4, 0.5) is 4.79 Å². The Labute approximate surface area is 101 Å². The van der Waals surface area contributed by atoms with Gasteiger partial charge in [-0.05, 0) is 30.9 Å². The topological polar surface area (TPSA) is 49.8 Å². The van der Waals surface area contributed by atoms with Crippen LogP contribution in [0, 0.1) is 5.92 Å². The van der Waals surface area contributed by atoms with Crippen LogP contribution in [-0.4, -0.2) is 35.8 Å². The fourth-order valence-electron chi connectivity index (χ4n) is 2.03. The van der Waals surface area contributed by atoms with E-state index in [0.717, 1.165) is 12.8 Å². The number of para-hydroxylation sites is 1. The Morgan fingerprint density at radius 1 is 1.41 bits per heavy atom. The first-order valence-electron chi connectivity index (χ1n) is 5.92. The maximum Gasteiger partial charge on any atom is 0.415 e. The van der Waals surface area contributed by atoms with Crippen molar-refractivity contribution in [3.63, 3.8) is 0 Å². The molecule has 0 bridgehead atoms. The fraction of sp³-hybridized carbons (Fsp3) is 0.462. The molecule has 0 spiro atoms. The molecule has 1 aliphatic rings. The predicted octanol–water partition coefficient (Wildman–Crippen LogP) is 1.89. The first kappa shape index (κ1) is 11.9. The third kappa shape index (κ3) is 3.20. The highest BCUT2D eigenvalue weighted by molar-refractivity contribution is 5.70. The number of carbonyl (C=O) groups is 1. The standard InChI is InChI=1S/C13H17NO3/c15-10-11-5-4-8-14(9-11)13(16)17-12-6-2-1-3-7-12/h1-3,6-7,11,15H,4-5,8-10H2. The summed E-state index contributed by atoms with van der Waals surface area (Å²) in [6, 6.07) is 9.04. The van der Waals surface area contributed by atoms with E-state index >= 15 is 0 Å². The zero-order valence-corrected chi connectivity index (χ0v) is 9.71. The molecule has 1 amide bonds. The second-order valence-electron chi connectivity index (χ2n) is 4.32. The van der Waals surface area contributed by atoms with Gasteiger partial charge in [0.2, 0.25) is 0 Å². The lowest BCUT2D eigenvalue weighted by atomic mass is 10.00. The minimum Gasteiger partial charge on any atom is -0.410 e. The molecule has 1 unspecified atom stereocenters. The summed E-state index contributed by atoms with van der Waals surface area (Å²) < 4.78 is 5.25. The third-order valence-corrected chi connectivity index (χ3v) is 2.98. The normalized spacial score (nSPS) is 20.1. The van der Waals surface area contributed by atoms with E-state index in [4.69, 9.17) is 9.84 Å². The summed E-state index contributed by atoms with van der Waals surface area (Å²) in [6.07, 6.45) is 1.58. The Hall–Kier alpha value is -1.55. The molecule has 0 aliphatic carbocycles. The molecule has 0 saturated carbocycles. The molecule has 0 aromatic heterocycles. The number of likely N-dealkylation sites (tertiary alicyclic amines) is 1. The van der Waals surface area contributed by atoms with Crippen molar-refractivity contribution in [1.29, 1.82) is 0 Å². The highest BCUT2D eigenvalue weighted by atomic mass is 16.6. The Morgan fingerprint density at radius 2 is 2.18 bits per heavy atom. The molecule has 4 heteroatoms. The van der Waals surface area contributed by atoms with Crippen molar-refractivity contribution in [3.8, 4) is 5.75 Å². The van der Waals surface area contributed by atoms with E-state index < -0.39 is 0 Å². The number of carbonyl (C=O) groups excluding carboxylic acids is 1. The quantitative estimate of drug-likeness (QED) is 0.851. The molecule has 1 saturated heterocycles. The number of benzene rings is 1. The van der Waals surface area contributed by atoms with Gasteiger partial charge in [0, 0.05) is 19.7 Å². The zero-order chi connectivity index (χ0) is 12.1. The van der Waals surface area contributed by atoms with E-state index in [1.54, 1.807) is 17.0 Å². The van der Waals surface area contributed by atoms with Crippen molar-refractivity contribution >= 4 is 6.09 Å². The molecule has 92 valence electrons. The Balaban J connectivity index is 1.91. The average Bonchev–Trinajstić information content (AvgIpc) is 2.40. The fourth-order valence-corrected chi connectivity index (χ4v) is 2.03. The van der Waals surface area contributed by atoms with E-state index in [2.05, 4.69) is 0 Å². The maximum atomic E-state index is 11.9. The van der Waals surface area contributed by atoms with Crippen LogP contribution >= 0.6 is 0 Å². The summed E-state index contributed by atoms with van der Waals surface area (Å²) in [5.74, 6) is 0.746. The van der Waals surface area contributed by atoms with Crippen LogP contribution in [0.25, 0.3) is 0 Å². The van der Waals surface area contributed by atoms with Gasteiger partial charge in [0.25, 0.3) is 0 Å². The summed E-state index contributed by atoms with van der Waals surface area (Å²) in [5.41, 5.74) is 0. The molecule has 1 aliphatic heterocycles. The van der Waals surface area contributed by atoms with Crippen molar-refractivity contribution in [3.05, 3.63) is 30.3 Å². The summed E-state index contributed by atoms with van der Waals surface area (Å²) >= 11 is 0. The van der Waals surface area contributed by atoms with Gasteiger partial charge in [-0.3, -0.25) is 0 Å². The maximum absolute atomic E-state index is 11.9. The van der Waals surface area contributed by atoms with Gasteiger partial charge in [-0.1, -0.05) is 18.2 Å². The minimum atomic E-state index is -0.325. The van der Waals surface area contributed by atoms with Gasteiger partial charge in [0.05, 0.1) is 0 Å². The largest absolute Gasteiger partial charge is 0.415 e. The van der Waals surface area contributed by atoms with Crippen LogP contribution in [-0.2, 0) is 0 Å². The molecule has 2 rings (SSSR count). The molecule has 1 fully saturated rings. The van der Waals surface area contributed by atoms with Crippen LogP contribution in [0.1, 0.15) is 12.8 Å². The number of piperidine rings is 1. The smallest absolute Gasteiger partial charge is 0.410 e. The molecule has 17 heavy (non-hydrogen) atoms. The highest BCUT2D eigenvalue weighted by Gasteiger charge is 2.24. The Kier molecular flexibility index (Phi) is 3.98. The van der Waals surface area contributed by atoms with Crippen molar-refractivity contribution in [1.82, 2.24) is 4.90 Å². The molecule has 1 heterocycles. The number of nitrogens with zero attached hydrogens (tertiary/aromatic N) is 1. The summed E-state index contributed by atoms with van der Waals surface area (Å²) in [4.78, 5) is 13.5. The second kappa shape index (κ2) is 5.68. The molecule has 1 aromatic rings. The Bertz CT molecular complexity index is 366. The molecule has 1 atom stereocenters. The van der Waals surface area contributed by atoms with Gasteiger partial charge >= 0.3 is 6.09 Å². The number of ether oxygens (including phenoxy) is 1. The van der Waals surface area contributed by atoms with Crippen molar-refractivity contribution in [2.24, 2.45) is 5.92 Å². The van der Waals surface area contributed by atoms with Crippen LogP contribution in [0.2, 0.25) is 0 Å². The van der Waals surface area contributed by atoms with Gasteiger partial charge in [-0.2, -0.15) is 0 Å². The third-order valence-electron chi connectivity index (χ3n) is 2.98. The van der Waals surface area contributed by atoms with Gasteiger partial charge in [-0.15, -0.1) is 0 Å². The summed E-state index contributed by atoms with van der Waals surface area (Å²) in [5, 5.41) is 9.10. The van der Waals surface area contributed by atoms with Crippen LogP contribution in [0.15, 0.2) is 30.3 Å². The second-order valence-corrected chi connectivity index (χ2v) is 4.32. The van der Waals surface area contributed by atoms with Crippen LogP contribution < -0.4 is 4.74 Å². The first-order valence-corrected chi connectivity index (χ1v) is 5.92. The van der Waals surface area contributed by atoms with E-state index in [9.17, 15) is 4.79 Å². The molecular weight excluding hydrogens is 218 g/mol. The van der Waals surface area contributed by atoms with E-state index in [1.165, 1.54) is 0 Å². The zero-order valence-electron chi connectivity index (χ0n) is 9.71. The Morgan fingerprint density at radius 3 is 2.88 bits per heavy atom. The number of amides is 1. The SMILES string of the molecule is O=C(Oc1ccccc1)N1CCCC(CO)C1. The van der Waals surface area contributed by atoms with Gasteiger partial charge in [0.1, 0.15) is 5.75 Å². The van der Waals surface area contributed by atoms with E-state index in [-0.39, 0.29) is 18.6 Å². The molecule has 4 nitrogen and oxygen atoms in total. The first-order chi connectivity index (χ1) is 8.29. The molecule has 0 radical (unpaired) electrons. The molecular formula is C13H17NO3. The van der Waals surface area contributed by atoms with Crippen LogP contribution in [0.5, 0.6) is 5.75 Å². The van der Waals surface area contributed by atoms with Crippen molar-refractivity contribution in [2.45, 2.75) is 12.8 Å². The minimum absolute atomic E-state index is 0.134. The number of hydrogen-bond acceptors (Lipinski definition) is 3. The summed E-state index contributed by atoms with van der Waals surface area (Å²) in [7, 11) is 0. The van der Waals surface area contributed by atoms with Gasteiger partial charge in [-0.25, -0.2) is 4.79 Å². The molecule has 1 aromatic carbocycles. The summed E-state index contributed by atoms with van der Waals surface area (Å²) in [6.45, 7) is 1.43. The highest BCUT2D eigenvalue weighted by Crippen LogP contribution is 2.18. The number of hydrogen-bond donors (Lipinski definition) is 1. The van der Waals surface area contributed by atoms with Gasteiger partial charge < -0.3 is 14.7 Å². The van der Waals surface area contributed by atoms with Crippen LogP contribution in [0.3, 0.4) is 0 Å². The number of aliphatic hydroxyl groups excluding tert-OH is 1. The number of rotatable bonds is 2. The average molecular weight is 235 g/mol. The van der Waals surface area contributed by atoms with Crippen molar-refractivity contribution < 1.29 is 14.6 Å². The molecule has 1 N–H and O–H groups in total. The van der Waals surface area contributed by atoms with E-state index in [1.807, 2.05) is 18.2 Å². The number of aliphatic hydroxyl groups is 1. The van der Waals surface area contributed by atoms with Gasteiger partial charge in [0.15, 0.2) is 0 Å². The monoisotopic (exact) mass is 235 g/mol. The van der Waals surface area contributed by atoms with E-state index in [0.29, 0.717) is 18.8 Å². The van der Waals surface area contributed by atoms with Crippen molar-refractivity contribution in [2.75, 3.05) is 19.7 Å².